The first kappa shape index (κ1) is 23.3. The zero-order chi connectivity index (χ0) is 23.5. The zero-order valence-corrected chi connectivity index (χ0v) is 21.2. The van der Waals surface area contributed by atoms with Crippen LogP contribution in [0.2, 0.25) is 18.1 Å². The molecule has 1 aliphatic heterocycles. The number of hydrogen-bond donors (Lipinski definition) is 1. The van der Waals surface area contributed by atoms with Gasteiger partial charge >= 0.3 is 6.16 Å². The van der Waals surface area contributed by atoms with Crippen molar-refractivity contribution in [1.29, 1.82) is 0 Å². The van der Waals surface area contributed by atoms with Crippen molar-refractivity contribution in [3.05, 3.63) is 58.7 Å². The molecule has 1 aromatic carbocycles. The van der Waals surface area contributed by atoms with Crippen LogP contribution in [0.1, 0.15) is 71.3 Å². The van der Waals surface area contributed by atoms with Gasteiger partial charge in [0.1, 0.15) is 0 Å². The highest BCUT2D eigenvalue weighted by molar-refractivity contribution is 6.73. The number of carbonyl (C=O) groups is 1. The molecule has 3 aliphatic rings. The molecule has 1 spiro atoms. The van der Waals surface area contributed by atoms with Gasteiger partial charge < -0.3 is 19.0 Å². The molecule has 0 amide bonds. The van der Waals surface area contributed by atoms with E-state index in [1.807, 2.05) is 25.1 Å². The first-order valence-electron chi connectivity index (χ1n) is 11.8. The Morgan fingerprint density at radius 1 is 1.16 bits per heavy atom. The maximum atomic E-state index is 12.6. The van der Waals surface area contributed by atoms with Crippen molar-refractivity contribution in [2.45, 2.75) is 90.0 Å². The van der Waals surface area contributed by atoms with E-state index in [1.165, 1.54) is 0 Å². The lowest BCUT2D eigenvalue weighted by atomic mass is 9.55. The minimum absolute atomic E-state index is 0.288. The Bertz CT molecular complexity index is 968. The van der Waals surface area contributed by atoms with E-state index in [0.29, 0.717) is 0 Å². The van der Waals surface area contributed by atoms with Crippen molar-refractivity contribution in [2.24, 2.45) is 5.41 Å². The van der Waals surface area contributed by atoms with Crippen LogP contribution >= 0.6 is 0 Å². The lowest BCUT2D eigenvalue weighted by molar-refractivity contribution is -0.0935. The van der Waals surface area contributed by atoms with E-state index >= 15 is 0 Å². The molecule has 2 aliphatic carbocycles. The predicted molar refractivity (Wildman–Crippen MR) is 127 cm³/mol. The van der Waals surface area contributed by atoms with Gasteiger partial charge in [-0.2, -0.15) is 0 Å². The second-order valence-corrected chi connectivity index (χ2v) is 14.8. The van der Waals surface area contributed by atoms with Crippen molar-refractivity contribution < 1.29 is 23.8 Å². The molecule has 0 radical (unpaired) electrons. The van der Waals surface area contributed by atoms with Crippen LogP contribution < -0.4 is 0 Å². The molecule has 1 saturated heterocycles. The number of rotatable bonds is 5. The Morgan fingerprint density at radius 3 is 2.34 bits per heavy atom. The Balaban J connectivity index is 2.02. The molecule has 0 aromatic heterocycles. The number of aliphatic hydroxyl groups is 1. The van der Waals surface area contributed by atoms with Gasteiger partial charge in [0.05, 0.1) is 12.2 Å². The van der Waals surface area contributed by atoms with Crippen LogP contribution in [-0.4, -0.2) is 31.3 Å². The van der Waals surface area contributed by atoms with Gasteiger partial charge in [-0.15, -0.1) is 0 Å². The van der Waals surface area contributed by atoms with E-state index in [2.05, 4.69) is 47.3 Å². The largest absolute Gasteiger partial charge is 0.509 e. The highest BCUT2D eigenvalue weighted by Gasteiger charge is 2.66. The number of benzene rings is 1. The summed E-state index contributed by atoms with van der Waals surface area (Å²) in [7, 11) is -2.01. The molecule has 4 atom stereocenters. The smallest absolute Gasteiger partial charge is 0.422 e. The number of fused-ring (bicyclic) bond motifs is 3. The van der Waals surface area contributed by atoms with E-state index in [1.54, 1.807) is 0 Å². The van der Waals surface area contributed by atoms with Gasteiger partial charge in [0.15, 0.2) is 20.0 Å². The van der Waals surface area contributed by atoms with Gasteiger partial charge in [-0.1, -0.05) is 65.5 Å². The van der Waals surface area contributed by atoms with Crippen LogP contribution in [-0.2, 0) is 13.9 Å². The number of ether oxygens (including phenoxy) is 2. The quantitative estimate of drug-likeness (QED) is 0.412. The maximum absolute atomic E-state index is 12.6. The first-order chi connectivity index (χ1) is 15.1. The summed E-state index contributed by atoms with van der Waals surface area (Å²) in [4.78, 5) is 12.6. The number of carbonyl (C=O) groups excluding carboxylic acids is 1. The standard InChI is InChI=1S/C26H36O5Si/c1-8-32(9-2,10-3)31-22-17(5)21-16(4)20(27)15-26(25(21,6)7)23(29-24(28)30-26)19-14-12-11-13-18(19)22/h11-14,20,22-23,27H,5,8-10,15H2,1-4,6-7H3/t20-,22+,23-,26+/m0/s1. The van der Waals surface area contributed by atoms with E-state index in [0.717, 1.165) is 46.0 Å². The molecule has 5 nitrogen and oxygen atoms in total. The predicted octanol–water partition coefficient (Wildman–Crippen LogP) is 6.37. The lowest BCUT2D eigenvalue weighted by Crippen LogP contribution is -2.56. The summed E-state index contributed by atoms with van der Waals surface area (Å²) in [5.41, 5.74) is 2.89. The molecule has 1 N–H and O–H groups in total. The van der Waals surface area contributed by atoms with E-state index < -0.39 is 37.7 Å². The molecule has 4 rings (SSSR count). The molecule has 32 heavy (non-hydrogen) atoms. The lowest BCUT2D eigenvalue weighted by Gasteiger charge is -2.53. The monoisotopic (exact) mass is 456 g/mol. The van der Waals surface area contributed by atoms with Crippen LogP contribution in [0, 0.1) is 5.41 Å². The van der Waals surface area contributed by atoms with E-state index in [9.17, 15) is 9.90 Å². The van der Waals surface area contributed by atoms with Crippen molar-refractivity contribution in [1.82, 2.24) is 0 Å². The summed E-state index contributed by atoms with van der Waals surface area (Å²) in [5.74, 6) is 0. The minimum atomic E-state index is -2.01. The summed E-state index contributed by atoms with van der Waals surface area (Å²) in [6.45, 7) is 17.3. The molecular formula is C26H36O5Si. The Kier molecular flexibility index (Phi) is 5.71. The molecular weight excluding hydrogens is 420 g/mol. The molecule has 0 saturated carbocycles. The van der Waals surface area contributed by atoms with Gasteiger partial charge in [-0.3, -0.25) is 0 Å². The number of hydrogen-bond acceptors (Lipinski definition) is 5. The van der Waals surface area contributed by atoms with Crippen LogP contribution in [0.5, 0.6) is 0 Å². The van der Waals surface area contributed by atoms with Gasteiger partial charge in [-0.05, 0) is 47.3 Å². The van der Waals surface area contributed by atoms with Gasteiger partial charge in [0.2, 0.25) is 0 Å². The van der Waals surface area contributed by atoms with Crippen molar-refractivity contribution in [3.8, 4) is 0 Å². The molecule has 1 fully saturated rings. The fraction of sp³-hybridized carbons (Fsp3) is 0.577. The van der Waals surface area contributed by atoms with E-state index in [-0.39, 0.29) is 12.5 Å². The first-order valence-corrected chi connectivity index (χ1v) is 14.3. The molecule has 1 heterocycles. The summed E-state index contributed by atoms with van der Waals surface area (Å²) < 4.78 is 18.9. The Hall–Kier alpha value is -1.89. The average molecular weight is 457 g/mol. The average Bonchev–Trinajstić information content (AvgIpc) is 3.10. The summed E-state index contributed by atoms with van der Waals surface area (Å²) >= 11 is 0. The van der Waals surface area contributed by atoms with Crippen LogP contribution in [0.15, 0.2) is 47.6 Å². The van der Waals surface area contributed by atoms with Crippen LogP contribution in [0.3, 0.4) is 0 Å². The second-order valence-electron chi connectivity index (χ2n) is 10.0. The summed E-state index contributed by atoms with van der Waals surface area (Å²) in [6.07, 6.45) is -2.13. The fourth-order valence-electron chi connectivity index (χ4n) is 6.25. The Labute approximate surface area is 192 Å². The van der Waals surface area contributed by atoms with Gasteiger partial charge in [0, 0.05) is 17.4 Å². The maximum Gasteiger partial charge on any atom is 0.509 e. The van der Waals surface area contributed by atoms with Crippen molar-refractivity contribution >= 4 is 14.5 Å². The number of aliphatic hydroxyl groups excluding tert-OH is 1. The fourth-order valence-corrected chi connectivity index (χ4v) is 9.02. The molecule has 6 heteroatoms. The molecule has 0 unspecified atom stereocenters. The normalized spacial score (nSPS) is 31.3. The van der Waals surface area contributed by atoms with Crippen molar-refractivity contribution in [2.75, 3.05) is 0 Å². The molecule has 1 aromatic rings. The van der Waals surface area contributed by atoms with E-state index in [4.69, 9.17) is 13.9 Å². The zero-order valence-electron chi connectivity index (χ0n) is 20.2. The van der Waals surface area contributed by atoms with Crippen molar-refractivity contribution in [3.63, 3.8) is 0 Å². The highest BCUT2D eigenvalue weighted by atomic mass is 28.4. The highest BCUT2D eigenvalue weighted by Crippen LogP contribution is 2.63. The minimum Gasteiger partial charge on any atom is -0.422 e. The molecule has 174 valence electrons. The SMILES string of the molecule is C=C1C2=C(C)[C@@H](O)C[C@]3(OC(=O)O[C@H]3c3ccccc3[C@@H]1O[Si](CC)(CC)CC)C2(C)C. The van der Waals surface area contributed by atoms with Gasteiger partial charge in [0.25, 0.3) is 0 Å². The summed E-state index contributed by atoms with van der Waals surface area (Å²) in [6, 6.07) is 11.1. The third-order valence-electron chi connectivity index (χ3n) is 8.48. The molecule has 2 bridgehead atoms. The second kappa shape index (κ2) is 7.85. The topological polar surface area (TPSA) is 65.0 Å². The third-order valence-corrected chi connectivity index (χ3v) is 13.1. The van der Waals surface area contributed by atoms with Crippen LogP contribution in [0.25, 0.3) is 0 Å². The van der Waals surface area contributed by atoms with Crippen LogP contribution in [0.4, 0.5) is 4.79 Å². The summed E-state index contributed by atoms with van der Waals surface area (Å²) in [5, 5.41) is 11.1. The van der Waals surface area contributed by atoms with Gasteiger partial charge in [-0.25, -0.2) is 4.79 Å². The Morgan fingerprint density at radius 2 is 1.75 bits per heavy atom. The third kappa shape index (κ3) is 3.06.